The van der Waals surface area contributed by atoms with Crippen LogP contribution in [0.25, 0.3) is 0 Å². The van der Waals surface area contributed by atoms with E-state index in [1.807, 2.05) is 4.90 Å². The standard InChI is InChI=1S/C16H27N3O4/c20-15(18-10-12-3-1-7-22-12)9-14-16(21)19(6-5-17-14)11-13-4-2-8-23-13/h12-14,17H,1-11H2,(H,18,20). The topological polar surface area (TPSA) is 79.9 Å². The molecular weight excluding hydrogens is 298 g/mol. The molecule has 7 nitrogen and oxygen atoms in total. The Kier molecular flexibility index (Phi) is 5.85. The largest absolute Gasteiger partial charge is 0.376 e. The van der Waals surface area contributed by atoms with Crippen LogP contribution in [0.3, 0.4) is 0 Å². The van der Waals surface area contributed by atoms with Gasteiger partial charge in [0, 0.05) is 39.4 Å². The summed E-state index contributed by atoms with van der Waals surface area (Å²) in [7, 11) is 0. The first-order valence-electron chi connectivity index (χ1n) is 8.74. The zero-order valence-corrected chi connectivity index (χ0v) is 13.6. The number of carbonyl (C=O) groups is 2. The van der Waals surface area contributed by atoms with Crippen molar-refractivity contribution in [2.75, 3.05) is 39.4 Å². The molecule has 0 radical (unpaired) electrons. The molecule has 3 saturated heterocycles. The highest BCUT2D eigenvalue weighted by Gasteiger charge is 2.32. The van der Waals surface area contributed by atoms with Crippen LogP contribution in [0.2, 0.25) is 0 Å². The van der Waals surface area contributed by atoms with Crippen LogP contribution in [0, 0.1) is 0 Å². The van der Waals surface area contributed by atoms with Crippen molar-refractivity contribution in [3.63, 3.8) is 0 Å². The second kappa shape index (κ2) is 8.08. The number of nitrogens with zero attached hydrogens (tertiary/aromatic N) is 1. The molecule has 0 aromatic heterocycles. The summed E-state index contributed by atoms with van der Waals surface area (Å²) in [5, 5.41) is 6.04. The second-order valence-corrected chi connectivity index (χ2v) is 6.57. The van der Waals surface area contributed by atoms with Gasteiger partial charge in [-0.1, -0.05) is 0 Å². The van der Waals surface area contributed by atoms with Crippen molar-refractivity contribution in [1.82, 2.24) is 15.5 Å². The van der Waals surface area contributed by atoms with Crippen molar-refractivity contribution < 1.29 is 19.1 Å². The molecule has 2 amide bonds. The van der Waals surface area contributed by atoms with Gasteiger partial charge in [-0.2, -0.15) is 0 Å². The lowest BCUT2D eigenvalue weighted by Crippen LogP contribution is -2.57. The van der Waals surface area contributed by atoms with Crippen LogP contribution in [0.4, 0.5) is 0 Å². The summed E-state index contributed by atoms with van der Waals surface area (Å²) < 4.78 is 11.1. The second-order valence-electron chi connectivity index (χ2n) is 6.57. The first-order chi connectivity index (χ1) is 11.2. The Balaban J connectivity index is 1.42. The third-order valence-corrected chi connectivity index (χ3v) is 4.77. The first kappa shape index (κ1) is 16.7. The van der Waals surface area contributed by atoms with Crippen molar-refractivity contribution in [3.05, 3.63) is 0 Å². The van der Waals surface area contributed by atoms with E-state index in [2.05, 4.69) is 10.6 Å². The van der Waals surface area contributed by atoms with Crippen LogP contribution >= 0.6 is 0 Å². The number of rotatable bonds is 6. The van der Waals surface area contributed by atoms with Crippen LogP contribution in [0.1, 0.15) is 32.1 Å². The quantitative estimate of drug-likeness (QED) is 0.698. The molecule has 130 valence electrons. The van der Waals surface area contributed by atoms with Crippen LogP contribution < -0.4 is 10.6 Å². The highest BCUT2D eigenvalue weighted by Crippen LogP contribution is 2.15. The van der Waals surface area contributed by atoms with Crippen LogP contribution in [-0.4, -0.2) is 74.4 Å². The van der Waals surface area contributed by atoms with Gasteiger partial charge in [-0.3, -0.25) is 9.59 Å². The lowest BCUT2D eigenvalue weighted by atomic mass is 10.1. The van der Waals surface area contributed by atoms with Crippen molar-refractivity contribution in [2.24, 2.45) is 0 Å². The molecule has 0 aliphatic carbocycles. The molecule has 0 spiro atoms. The van der Waals surface area contributed by atoms with Gasteiger partial charge in [0.1, 0.15) is 0 Å². The molecule has 3 rings (SSSR count). The molecule has 7 heteroatoms. The average molecular weight is 325 g/mol. The third-order valence-electron chi connectivity index (χ3n) is 4.77. The van der Waals surface area contributed by atoms with Gasteiger partial charge < -0.3 is 25.0 Å². The van der Waals surface area contributed by atoms with Gasteiger partial charge in [-0.25, -0.2) is 0 Å². The summed E-state index contributed by atoms with van der Waals surface area (Å²) in [5.41, 5.74) is 0. The zero-order chi connectivity index (χ0) is 16.1. The summed E-state index contributed by atoms with van der Waals surface area (Å²) in [5.74, 6) is -0.0793. The lowest BCUT2D eigenvalue weighted by Gasteiger charge is -2.34. The van der Waals surface area contributed by atoms with E-state index in [1.54, 1.807) is 0 Å². The number of carbonyl (C=O) groups excluding carboxylic acids is 2. The fourth-order valence-electron chi connectivity index (χ4n) is 3.46. The monoisotopic (exact) mass is 325 g/mol. The number of ether oxygens (including phenoxy) is 2. The minimum atomic E-state index is -0.422. The molecule has 0 saturated carbocycles. The third kappa shape index (κ3) is 4.65. The van der Waals surface area contributed by atoms with Crippen LogP contribution in [0.5, 0.6) is 0 Å². The molecule has 3 fully saturated rings. The van der Waals surface area contributed by atoms with E-state index < -0.39 is 6.04 Å². The van der Waals surface area contributed by atoms with E-state index in [1.165, 1.54) is 0 Å². The first-order valence-corrected chi connectivity index (χ1v) is 8.74. The van der Waals surface area contributed by atoms with E-state index in [4.69, 9.17) is 9.47 Å². The Morgan fingerprint density at radius 2 is 1.96 bits per heavy atom. The van der Waals surface area contributed by atoms with Gasteiger partial charge in [0.25, 0.3) is 0 Å². The maximum Gasteiger partial charge on any atom is 0.240 e. The van der Waals surface area contributed by atoms with Gasteiger partial charge in [0.15, 0.2) is 0 Å². The molecule has 3 aliphatic heterocycles. The fourth-order valence-corrected chi connectivity index (χ4v) is 3.46. The summed E-state index contributed by atoms with van der Waals surface area (Å²) in [6.45, 7) is 4.17. The Hall–Kier alpha value is -1.18. The van der Waals surface area contributed by atoms with E-state index >= 15 is 0 Å². The average Bonchev–Trinajstić information content (AvgIpc) is 3.23. The fraction of sp³-hybridized carbons (Fsp3) is 0.875. The molecule has 0 aromatic rings. The highest BCUT2D eigenvalue weighted by atomic mass is 16.5. The van der Waals surface area contributed by atoms with Gasteiger partial charge >= 0.3 is 0 Å². The summed E-state index contributed by atoms with van der Waals surface area (Å²) >= 11 is 0. The molecule has 3 aliphatic rings. The molecular formula is C16H27N3O4. The Morgan fingerprint density at radius 3 is 2.65 bits per heavy atom. The highest BCUT2D eigenvalue weighted by molar-refractivity contribution is 5.88. The van der Waals surface area contributed by atoms with E-state index in [0.29, 0.717) is 19.6 Å². The molecule has 2 N–H and O–H groups in total. The van der Waals surface area contributed by atoms with Crippen molar-refractivity contribution in [1.29, 1.82) is 0 Å². The van der Waals surface area contributed by atoms with Gasteiger partial charge in [0.05, 0.1) is 24.7 Å². The minimum Gasteiger partial charge on any atom is -0.376 e. The SMILES string of the molecule is O=C(CC1NCCN(CC2CCCO2)C1=O)NCC1CCCO1. The van der Waals surface area contributed by atoms with Crippen molar-refractivity contribution >= 4 is 11.8 Å². The Labute approximate surface area is 137 Å². The predicted octanol–water partition coefficient (Wildman–Crippen LogP) is -0.349. The Bertz CT molecular complexity index is 420. The maximum atomic E-state index is 12.5. The molecule has 0 bridgehead atoms. The summed E-state index contributed by atoms with van der Waals surface area (Å²) in [4.78, 5) is 26.4. The predicted molar refractivity (Wildman–Crippen MR) is 83.9 cm³/mol. The lowest BCUT2D eigenvalue weighted by molar-refractivity contribution is -0.139. The zero-order valence-electron chi connectivity index (χ0n) is 13.6. The van der Waals surface area contributed by atoms with Crippen molar-refractivity contribution in [2.45, 2.75) is 50.4 Å². The van der Waals surface area contributed by atoms with E-state index in [-0.39, 0.29) is 30.4 Å². The Morgan fingerprint density at radius 1 is 1.22 bits per heavy atom. The van der Waals surface area contributed by atoms with Crippen LogP contribution in [0.15, 0.2) is 0 Å². The van der Waals surface area contributed by atoms with E-state index in [9.17, 15) is 9.59 Å². The number of piperazine rings is 1. The van der Waals surface area contributed by atoms with E-state index in [0.717, 1.165) is 45.4 Å². The number of hydrogen-bond donors (Lipinski definition) is 2. The smallest absolute Gasteiger partial charge is 0.240 e. The van der Waals surface area contributed by atoms with Crippen molar-refractivity contribution in [3.8, 4) is 0 Å². The summed E-state index contributed by atoms with van der Waals surface area (Å²) in [6.07, 6.45) is 4.62. The maximum absolute atomic E-state index is 12.5. The van der Waals surface area contributed by atoms with Gasteiger partial charge in [0.2, 0.25) is 11.8 Å². The molecule has 3 heterocycles. The molecule has 0 aromatic carbocycles. The molecule has 23 heavy (non-hydrogen) atoms. The normalized spacial score (nSPS) is 31.6. The van der Waals surface area contributed by atoms with Gasteiger partial charge in [-0.15, -0.1) is 0 Å². The number of amides is 2. The molecule has 3 atom stereocenters. The number of nitrogens with one attached hydrogen (secondary N) is 2. The van der Waals surface area contributed by atoms with Crippen LogP contribution in [-0.2, 0) is 19.1 Å². The summed E-state index contributed by atoms with van der Waals surface area (Å²) in [6, 6.07) is -0.422. The van der Waals surface area contributed by atoms with Gasteiger partial charge in [-0.05, 0) is 25.7 Å². The molecule has 3 unspecified atom stereocenters. The minimum absolute atomic E-state index is 0.0130. The number of hydrogen-bond acceptors (Lipinski definition) is 5.